The summed E-state index contributed by atoms with van der Waals surface area (Å²) in [6.45, 7) is 12.6. The fourth-order valence-corrected chi connectivity index (χ4v) is 15.4. The molecule has 5 aliphatic rings. The zero-order valence-electron chi connectivity index (χ0n) is 58.7. The molecule has 8 N–H and O–H groups in total. The standard InChI is InChI=1S/C20H19ClN6.C20H26N6.C20H20N6.C19H19N7/c21-15-6-3-13(4-7-15)19-16-11-14(5-8-17(16)23-25-19)20-22-18(24-26-20)12-27-9-1-2-10-27;2*1-2-6-14(7-3-1)19-16-12-15(8-9-17(16)22-24-19)20-21-18(23-25-20)13-26-10-4-5-11-26;1-2-9-26(8-1)12-17-21-19(25-23-17)13-5-6-16-15(10-13)18(24-22-16)14-4-3-7-20-11-14/h3-8,11H,1-2,9-10,12H2,(H,23,25)(H,22,24,26);8-9,12,14H,1-7,10-11,13H2,(H,22,24)(H,21,23,25);1-3,6-9,12H,4-5,10-11,13H2,(H,22,24)(H,21,23,25);3-7,10-11H,1-2,8-9,12H2,(H,22,24)(H,21,23,25). The van der Waals surface area contributed by atoms with Gasteiger partial charge in [0.25, 0.3) is 0 Å². The minimum atomic E-state index is 0.613. The van der Waals surface area contributed by atoms with Gasteiger partial charge in [0.15, 0.2) is 23.3 Å². The lowest BCUT2D eigenvalue weighted by atomic mass is 9.85. The molecule has 4 aliphatic heterocycles. The van der Waals surface area contributed by atoms with Crippen LogP contribution in [0.15, 0.2) is 152 Å². The van der Waals surface area contributed by atoms with Gasteiger partial charge in [0.05, 0.1) is 59.6 Å². The number of likely N-dealkylation sites (tertiary alicyclic amines) is 4. The Kier molecular flexibility index (Phi) is 20.0. The lowest BCUT2D eigenvalue weighted by Crippen LogP contribution is -2.19. The van der Waals surface area contributed by atoms with Crippen LogP contribution in [0.5, 0.6) is 0 Å². The Balaban J connectivity index is 0.000000103. The summed E-state index contributed by atoms with van der Waals surface area (Å²) in [6.07, 6.45) is 20.4. The first-order chi connectivity index (χ1) is 51.9. The fourth-order valence-electron chi connectivity index (χ4n) is 15.3. The van der Waals surface area contributed by atoms with Crippen LogP contribution in [0.3, 0.4) is 0 Å². The Hall–Kier alpha value is -11.0. The van der Waals surface area contributed by atoms with Gasteiger partial charge in [0, 0.05) is 89.5 Å². The summed E-state index contributed by atoms with van der Waals surface area (Å²) in [6, 6.07) is 46.7. The van der Waals surface area contributed by atoms with Crippen molar-refractivity contribution in [2.24, 2.45) is 0 Å². The Bertz CT molecular complexity index is 5170. The first-order valence-electron chi connectivity index (χ1n) is 37.1. The maximum Gasteiger partial charge on any atom is 0.181 e. The third kappa shape index (κ3) is 15.5. The van der Waals surface area contributed by atoms with Gasteiger partial charge in [-0.25, -0.2) is 19.9 Å². The molecule has 1 aliphatic carbocycles. The van der Waals surface area contributed by atoms with Gasteiger partial charge in [0.2, 0.25) is 0 Å². The molecule has 20 rings (SSSR count). The van der Waals surface area contributed by atoms with Gasteiger partial charge < -0.3 is 0 Å². The maximum absolute atomic E-state index is 6.01. The number of aromatic nitrogens is 21. The van der Waals surface area contributed by atoms with Crippen molar-refractivity contribution in [1.29, 1.82) is 0 Å². The lowest BCUT2D eigenvalue weighted by Gasteiger charge is -2.20. The SMILES string of the molecule is Clc1ccc(-c2n[nH]c3ccc(-c4n[nH]c(CN5CCCC5)n4)cc23)cc1.c1cc2n[nH]c(C3CCCCC3)c2cc1-c1n[nH]c(CN2CCCC2)n1.c1ccc(-c2n[nH]c3ccc(-c4n[nH]c(CN5CCCC5)n4)cc23)cc1.c1cncc(-c2n[nH]c3ccc(-c4n[nH]c(CN5CCCC5)n4)cc23)c1. The number of nitrogens with zero attached hydrogens (tertiary/aromatic N) is 17. The second kappa shape index (κ2) is 31.2. The Labute approximate surface area is 611 Å². The summed E-state index contributed by atoms with van der Waals surface area (Å²) in [5, 5.41) is 65.8. The van der Waals surface area contributed by atoms with Crippen LogP contribution in [-0.4, -0.2) is 178 Å². The number of H-pyrrole nitrogens is 8. The molecule has 0 atom stereocenters. The van der Waals surface area contributed by atoms with Crippen molar-refractivity contribution >= 4 is 55.2 Å². The first-order valence-corrected chi connectivity index (χ1v) is 37.4. The molecule has 0 amide bonds. The summed E-state index contributed by atoms with van der Waals surface area (Å²) < 4.78 is 0. The molecule has 105 heavy (non-hydrogen) atoms. The van der Waals surface area contributed by atoms with Gasteiger partial charge in [-0.2, -0.15) is 40.8 Å². The lowest BCUT2D eigenvalue weighted by molar-refractivity contribution is 0.323. The minimum absolute atomic E-state index is 0.613. The van der Waals surface area contributed by atoms with Crippen LogP contribution < -0.4 is 0 Å². The number of hydrogen-bond acceptors (Lipinski definition) is 17. The van der Waals surface area contributed by atoms with Crippen LogP contribution in [0.1, 0.15) is 118 Å². The molecule has 9 aromatic heterocycles. The highest BCUT2D eigenvalue weighted by Crippen LogP contribution is 2.38. The van der Waals surface area contributed by atoms with E-state index in [0.717, 1.165) is 200 Å². The molecule has 25 nitrogen and oxygen atoms in total. The van der Waals surface area contributed by atoms with Gasteiger partial charge in [-0.1, -0.05) is 73.3 Å². The number of aromatic amines is 8. The molecular formula is C79H84ClN25. The zero-order valence-corrected chi connectivity index (χ0v) is 59.4. The average Bonchev–Trinajstić information content (AvgIpc) is 1.66. The maximum atomic E-state index is 6.01. The second-order valence-electron chi connectivity index (χ2n) is 28.2. The number of fused-ring (bicyclic) bond motifs is 4. The highest BCUT2D eigenvalue weighted by atomic mass is 35.5. The average molecular weight is 1420 g/mol. The highest BCUT2D eigenvalue weighted by molar-refractivity contribution is 6.30. The molecule has 1 saturated carbocycles. The molecule has 15 aromatic rings. The van der Waals surface area contributed by atoms with Gasteiger partial charge in [-0.3, -0.25) is 65.4 Å². The van der Waals surface area contributed by atoms with Crippen LogP contribution in [0.2, 0.25) is 5.02 Å². The molecule has 5 fully saturated rings. The Morgan fingerprint density at radius 3 is 1.10 bits per heavy atom. The number of nitrogens with one attached hydrogen (secondary N) is 8. The summed E-state index contributed by atoms with van der Waals surface area (Å²) in [4.78, 5) is 32.7. The number of rotatable bonds is 16. The zero-order chi connectivity index (χ0) is 70.3. The van der Waals surface area contributed by atoms with E-state index in [1.54, 1.807) is 6.20 Å². The van der Waals surface area contributed by atoms with Crippen molar-refractivity contribution < 1.29 is 0 Å². The van der Waals surface area contributed by atoms with Gasteiger partial charge in [-0.05, 0) is 214 Å². The molecule has 0 unspecified atom stereocenters. The van der Waals surface area contributed by atoms with Crippen molar-refractivity contribution in [2.75, 3.05) is 52.4 Å². The molecule has 26 heteroatoms. The smallest absolute Gasteiger partial charge is 0.181 e. The van der Waals surface area contributed by atoms with Crippen LogP contribution in [-0.2, 0) is 26.2 Å². The van der Waals surface area contributed by atoms with Crippen molar-refractivity contribution in [3.63, 3.8) is 0 Å². The van der Waals surface area contributed by atoms with Crippen molar-refractivity contribution in [3.05, 3.63) is 186 Å². The van der Waals surface area contributed by atoms with Crippen molar-refractivity contribution in [2.45, 2.75) is 116 Å². The summed E-state index contributed by atoms with van der Waals surface area (Å²) in [7, 11) is 0. The summed E-state index contributed by atoms with van der Waals surface area (Å²) in [5.74, 6) is 7.30. The van der Waals surface area contributed by atoms with E-state index in [-0.39, 0.29) is 0 Å². The monoisotopic (exact) mass is 1420 g/mol. The van der Waals surface area contributed by atoms with Gasteiger partial charge >= 0.3 is 0 Å². The predicted molar refractivity (Wildman–Crippen MR) is 409 cm³/mol. The third-order valence-electron chi connectivity index (χ3n) is 20.8. The Morgan fingerprint density at radius 1 is 0.324 bits per heavy atom. The largest absolute Gasteiger partial charge is 0.296 e. The molecule has 0 bridgehead atoms. The van der Waals surface area contributed by atoms with E-state index in [2.05, 4.69) is 160 Å². The molecule has 0 radical (unpaired) electrons. The normalized spacial score (nSPS) is 16.2. The minimum Gasteiger partial charge on any atom is -0.296 e. The highest BCUT2D eigenvalue weighted by Gasteiger charge is 2.24. The van der Waals surface area contributed by atoms with Crippen molar-refractivity contribution in [1.82, 2.24) is 126 Å². The molecular weight excluding hydrogens is 1330 g/mol. The van der Waals surface area contributed by atoms with Gasteiger partial charge in [0.1, 0.15) is 29.0 Å². The Morgan fingerprint density at radius 2 is 0.695 bits per heavy atom. The second-order valence-corrected chi connectivity index (χ2v) is 28.6. The quantitative estimate of drug-likeness (QED) is 0.0446. The van der Waals surface area contributed by atoms with Gasteiger partial charge in [-0.15, -0.1) is 0 Å². The summed E-state index contributed by atoms with van der Waals surface area (Å²) in [5.41, 5.74) is 15.2. The van der Waals surface area contributed by atoms with E-state index in [0.29, 0.717) is 16.8 Å². The van der Waals surface area contributed by atoms with Crippen molar-refractivity contribution in [3.8, 4) is 79.3 Å². The van der Waals surface area contributed by atoms with E-state index >= 15 is 0 Å². The van der Waals surface area contributed by atoms with E-state index in [1.807, 2.05) is 97.2 Å². The molecule has 0 spiro atoms. The van der Waals surface area contributed by atoms with E-state index in [9.17, 15) is 0 Å². The van der Waals surface area contributed by atoms with E-state index in [1.165, 1.54) is 108 Å². The number of pyridine rings is 1. The first kappa shape index (κ1) is 67.2. The summed E-state index contributed by atoms with van der Waals surface area (Å²) >= 11 is 6.01. The van der Waals surface area contributed by atoms with Crippen LogP contribution >= 0.6 is 11.6 Å². The van der Waals surface area contributed by atoms with Crippen LogP contribution in [0.4, 0.5) is 0 Å². The number of benzene rings is 6. The molecule has 4 saturated heterocycles. The number of hydrogen-bond donors (Lipinski definition) is 8. The predicted octanol–water partition coefficient (Wildman–Crippen LogP) is 14.9. The van der Waals surface area contributed by atoms with E-state index < -0.39 is 0 Å². The molecule has 6 aromatic carbocycles. The van der Waals surface area contributed by atoms with Crippen LogP contribution in [0.25, 0.3) is 123 Å². The van der Waals surface area contributed by atoms with E-state index in [4.69, 9.17) is 26.6 Å². The third-order valence-corrected chi connectivity index (χ3v) is 21.1. The van der Waals surface area contributed by atoms with Crippen LogP contribution in [0, 0.1) is 0 Å². The topological polar surface area (TPSA) is 307 Å². The number of halogens is 1. The molecule has 13 heterocycles. The fraction of sp³-hybridized carbons (Fsp3) is 0.329. The molecule has 532 valence electrons.